The van der Waals surface area contributed by atoms with E-state index in [0.717, 1.165) is 41.5 Å². The van der Waals surface area contributed by atoms with E-state index in [4.69, 9.17) is 11.6 Å². The summed E-state index contributed by atoms with van der Waals surface area (Å²) in [5, 5.41) is 4.11. The summed E-state index contributed by atoms with van der Waals surface area (Å²) in [6, 6.07) is 5.86. The summed E-state index contributed by atoms with van der Waals surface area (Å²) in [5.74, 6) is 0.989. The summed E-state index contributed by atoms with van der Waals surface area (Å²) in [6.45, 7) is 2.75. The van der Waals surface area contributed by atoms with Crippen LogP contribution >= 0.6 is 51.5 Å². The molecule has 1 heterocycles. The number of hydrogen-bond donors (Lipinski definition) is 1. The van der Waals surface area contributed by atoms with Gasteiger partial charge in [-0.2, -0.15) is 0 Å². The second-order valence-corrected chi connectivity index (χ2v) is 5.33. The summed E-state index contributed by atoms with van der Waals surface area (Å²) < 4.78 is 1.10. The van der Waals surface area contributed by atoms with Crippen LogP contribution in [0.15, 0.2) is 27.7 Å². The monoisotopic (exact) mass is 443 g/mol. The van der Waals surface area contributed by atoms with E-state index in [0.29, 0.717) is 0 Å². The van der Waals surface area contributed by atoms with Crippen LogP contribution in [-0.2, 0) is 6.42 Å². The van der Waals surface area contributed by atoms with Gasteiger partial charge in [0, 0.05) is 29.6 Å². The molecular weight excluding hydrogens is 428 g/mol. The molecule has 0 saturated heterocycles. The Bertz CT molecular complexity index is 439. The number of benzene rings is 1. The third-order valence-corrected chi connectivity index (χ3v) is 3.75. The van der Waals surface area contributed by atoms with Crippen molar-refractivity contribution in [1.82, 2.24) is 10.2 Å². The lowest BCUT2D eigenvalue weighted by Gasteiger charge is -2.15. The molecule has 0 amide bonds. The second-order valence-electron chi connectivity index (χ2n) is 4.04. The third-order valence-electron chi connectivity index (χ3n) is 2.74. The minimum absolute atomic E-state index is 0. The number of nitrogens with one attached hydrogen (secondary N) is 1. The Morgan fingerprint density at radius 2 is 2.28 bits per heavy atom. The van der Waals surface area contributed by atoms with Crippen LogP contribution in [0.3, 0.4) is 0 Å². The maximum absolute atomic E-state index is 5.97. The minimum Gasteiger partial charge on any atom is -0.356 e. The SMILES string of the molecule is CN1CCN=C1NCCc1cc(Cl)ccc1Br.I. The maximum atomic E-state index is 5.97. The van der Waals surface area contributed by atoms with E-state index < -0.39 is 0 Å². The summed E-state index contributed by atoms with van der Waals surface area (Å²) in [6.07, 6.45) is 0.925. The predicted octanol–water partition coefficient (Wildman–Crippen LogP) is 3.15. The van der Waals surface area contributed by atoms with Gasteiger partial charge in [0.2, 0.25) is 0 Å². The fraction of sp³-hybridized carbons (Fsp3) is 0.417. The number of rotatable bonds is 3. The zero-order valence-corrected chi connectivity index (χ0v) is 14.8. The highest BCUT2D eigenvalue weighted by Gasteiger charge is 2.11. The van der Waals surface area contributed by atoms with Crippen LogP contribution in [-0.4, -0.2) is 37.5 Å². The molecule has 0 aromatic heterocycles. The highest BCUT2D eigenvalue weighted by atomic mass is 127. The molecule has 0 bridgehead atoms. The van der Waals surface area contributed by atoms with Crippen molar-refractivity contribution < 1.29 is 0 Å². The Hall–Kier alpha value is -0.0100. The Labute approximate surface area is 138 Å². The molecule has 18 heavy (non-hydrogen) atoms. The molecule has 1 aromatic rings. The lowest BCUT2D eigenvalue weighted by Crippen LogP contribution is -2.36. The first-order chi connectivity index (χ1) is 8.16. The molecule has 1 aromatic carbocycles. The largest absolute Gasteiger partial charge is 0.356 e. The van der Waals surface area contributed by atoms with Gasteiger partial charge in [0.15, 0.2) is 5.96 Å². The summed E-state index contributed by atoms with van der Waals surface area (Å²) in [7, 11) is 2.05. The topological polar surface area (TPSA) is 27.6 Å². The molecular formula is C12H16BrClIN3. The van der Waals surface area contributed by atoms with Gasteiger partial charge in [-0.05, 0) is 30.2 Å². The number of halogens is 3. The first kappa shape index (κ1) is 16.0. The van der Waals surface area contributed by atoms with Gasteiger partial charge >= 0.3 is 0 Å². The van der Waals surface area contributed by atoms with Crippen LogP contribution in [0.25, 0.3) is 0 Å². The van der Waals surface area contributed by atoms with Crippen molar-refractivity contribution in [1.29, 1.82) is 0 Å². The Balaban J connectivity index is 0.00000162. The van der Waals surface area contributed by atoms with Crippen molar-refractivity contribution in [3.63, 3.8) is 0 Å². The van der Waals surface area contributed by atoms with Gasteiger partial charge in [0.05, 0.1) is 6.54 Å². The predicted molar refractivity (Wildman–Crippen MR) is 91.2 cm³/mol. The average Bonchev–Trinajstić information content (AvgIpc) is 2.70. The molecule has 1 aliphatic rings. The van der Waals surface area contributed by atoms with E-state index >= 15 is 0 Å². The van der Waals surface area contributed by atoms with E-state index in [2.05, 4.69) is 31.1 Å². The standard InChI is InChI=1S/C12H15BrClN3.HI/c1-17-7-6-16-12(17)15-5-4-9-8-10(14)2-3-11(9)13;/h2-3,8H,4-7H2,1H3,(H,15,16);1H. The van der Waals surface area contributed by atoms with E-state index in [1.54, 1.807) is 0 Å². The normalized spacial score (nSPS) is 14.2. The Morgan fingerprint density at radius 3 is 2.94 bits per heavy atom. The molecule has 1 N–H and O–H groups in total. The number of guanidine groups is 1. The number of hydrogen-bond acceptors (Lipinski definition) is 3. The Kier molecular flexibility index (Phi) is 6.73. The molecule has 0 spiro atoms. The zero-order chi connectivity index (χ0) is 12.3. The number of likely N-dealkylation sites (N-methyl/N-ethyl adjacent to an activating group) is 1. The van der Waals surface area contributed by atoms with Crippen molar-refractivity contribution in [3.05, 3.63) is 33.3 Å². The maximum Gasteiger partial charge on any atom is 0.193 e. The van der Waals surface area contributed by atoms with Gasteiger partial charge in [-0.3, -0.25) is 4.99 Å². The molecule has 2 rings (SSSR count). The van der Waals surface area contributed by atoms with E-state index in [-0.39, 0.29) is 24.0 Å². The lowest BCUT2D eigenvalue weighted by atomic mass is 10.1. The van der Waals surface area contributed by atoms with Crippen LogP contribution in [0, 0.1) is 0 Å². The van der Waals surface area contributed by atoms with E-state index in [1.165, 1.54) is 5.56 Å². The van der Waals surface area contributed by atoms with Crippen LogP contribution in [0.2, 0.25) is 5.02 Å². The van der Waals surface area contributed by atoms with Gasteiger partial charge in [-0.25, -0.2) is 0 Å². The lowest BCUT2D eigenvalue weighted by molar-refractivity contribution is 0.534. The van der Waals surface area contributed by atoms with Crippen LogP contribution in [0.1, 0.15) is 5.56 Å². The van der Waals surface area contributed by atoms with Crippen LogP contribution in [0.4, 0.5) is 0 Å². The molecule has 6 heteroatoms. The fourth-order valence-corrected chi connectivity index (χ4v) is 2.41. The smallest absolute Gasteiger partial charge is 0.193 e. The molecule has 0 atom stereocenters. The molecule has 0 radical (unpaired) electrons. The molecule has 0 aliphatic carbocycles. The highest BCUT2D eigenvalue weighted by molar-refractivity contribution is 14.0. The number of aliphatic imine (C=N–C) groups is 1. The van der Waals surface area contributed by atoms with E-state index in [9.17, 15) is 0 Å². The van der Waals surface area contributed by atoms with Crippen molar-refractivity contribution >= 4 is 57.5 Å². The van der Waals surface area contributed by atoms with Gasteiger partial charge in [0.25, 0.3) is 0 Å². The van der Waals surface area contributed by atoms with Crippen LogP contribution in [0.5, 0.6) is 0 Å². The third kappa shape index (κ3) is 4.28. The summed E-state index contributed by atoms with van der Waals surface area (Å²) in [4.78, 5) is 6.51. The van der Waals surface area contributed by atoms with Gasteiger partial charge in [-0.1, -0.05) is 27.5 Å². The average molecular weight is 445 g/mol. The first-order valence-electron chi connectivity index (χ1n) is 5.60. The molecule has 0 saturated carbocycles. The van der Waals surface area contributed by atoms with Crippen LogP contribution < -0.4 is 5.32 Å². The van der Waals surface area contributed by atoms with Crippen molar-refractivity contribution in [2.45, 2.75) is 6.42 Å². The first-order valence-corrected chi connectivity index (χ1v) is 6.77. The second kappa shape index (κ2) is 7.55. The molecule has 1 aliphatic heterocycles. The zero-order valence-electron chi connectivity index (χ0n) is 10.1. The van der Waals surface area contributed by atoms with E-state index in [1.807, 2.05) is 25.2 Å². The molecule has 0 unspecified atom stereocenters. The van der Waals surface area contributed by atoms with Gasteiger partial charge in [-0.15, -0.1) is 24.0 Å². The van der Waals surface area contributed by atoms with Gasteiger partial charge < -0.3 is 10.2 Å². The van der Waals surface area contributed by atoms with Crippen molar-refractivity contribution in [2.75, 3.05) is 26.7 Å². The van der Waals surface area contributed by atoms with Crippen molar-refractivity contribution in [2.24, 2.45) is 4.99 Å². The van der Waals surface area contributed by atoms with Crippen molar-refractivity contribution in [3.8, 4) is 0 Å². The minimum atomic E-state index is 0. The fourth-order valence-electron chi connectivity index (χ4n) is 1.77. The summed E-state index contributed by atoms with van der Waals surface area (Å²) >= 11 is 9.50. The highest BCUT2D eigenvalue weighted by Crippen LogP contribution is 2.21. The molecule has 100 valence electrons. The summed E-state index contributed by atoms with van der Waals surface area (Å²) in [5.41, 5.74) is 1.21. The van der Waals surface area contributed by atoms with Gasteiger partial charge in [0.1, 0.15) is 0 Å². The Morgan fingerprint density at radius 1 is 1.50 bits per heavy atom. The molecule has 3 nitrogen and oxygen atoms in total. The molecule has 0 fully saturated rings. The number of nitrogens with zero attached hydrogens (tertiary/aromatic N) is 2. The quantitative estimate of drug-likeness (QED) is 0.726.